The minimum absolute atomic E-state index is 0.255. The van der Waals surface area contributed by atoms with Crippen molar-refractivity contribution in [1.82, 2.24) is 5.32 Å². The molecule has 0 saturated carbocycles. The third-order valence-electron chi connectivity index (χ3n) is 2.89. The van der Waals surface area contributed by atoms with Gasteiger partial charge in [0.2, 0.25) is 0 Å². The first kappa shape index (κ1) is 14.7. The van der Waals surface area contributed by atoms with Crippen LogP contribution in [-0.2, 0) is 4.79 Å². The summed E-state index contributed by atoms with van der Waals surface area (Å²) in [7, 11) is 0. The normalized spacial score (nSPS) is 14.1. The van der Waals surface area contributed by atoms with Gasteiger partial charge in [0, 0.05) is 6.54 Å². The molecule has 2 unspecified atom stereocenters. The molecule has 1 aromatic rings. The van der Waals surface area contributed by atoms with Crippen molar-refractivity contribution >= 4 is 5.97 Å². The molecule has 0 radical (unpaired) electrons. The highest BCUT2D eigenvalue weighted by atomic mass is 16.4. The van der Waals surface area contributed by atoms with Gasteiger partial charge in [0.15, 0.2) is 0 Å². The first-order chi connectivity index (χ1) is 8.65. The Kier molecular flexibility index (Phi) is 6.39. The fourth-order valence-electron chi connectivity index (χ4n) is 1.77. The van der Waals surface area contributed by atoms with Crippen LogP contribution < -0.4 is 5.32 Å². The Hall–Kier alpha value is -1.39. The largest absolute Gasteiger partial charge is 0.480 e. The number of hydrogen-bond donors (Lipinski definition) is 3. The smallest absolute Gasteiger partial charge is 0.320 e. The maximum Gasteiger partial charge on any atom is 0.320 e. The van der Waals surface area contributed by atoms with Gasteiger partial charge in [-0.1, -0.05) is 50.1 Å². The van der Waals surface area contributed by atoms with E-state index in [4.69, 9.17) is 5.11 Å². The summed E-state index contributed by atoms with van der Waals surface area (Å²) < 4.78 is 0. The predicted octanol–water partition coefficient (Wildman–Crippen LogP) is 1.95. The van der Waals surface area contributed by atoms with Crippen molar-refractivity contribution in [2.45, 2.75) is 38.3 Å². The second-order valence-electron chi connectivity index (χ2n) is 4.37. The van der Waals surface area contributed by atoms with E-state index in [1.54, 1.807) is 0 Å². The second-order valence-corrected chi connectivity index (χ2v) is 4.37. The third kappa shape index (κ3) is 4.85. The van der Waals surface area contributed by atoms with Crippen LogP contribution in [0, 0.1) is 0 Å². The molecule has 4 heteroatoms. The van der Waals surface area contributed by atoms with E-state index in [-0.39, 0.29) is 6.54 Å². The number of carbonyl (C=O) groups is 1. The molecule has 4 nitrogen and oxygen atoms in total. The van der Waals surface area contributed by atoms with Gasteiger partial charge in [0.05, 0.1) is 6.10 Å². The van der Waals surface area contributed by atoms with E-state index in [0.29, 0.717) is 6.42 Å². The summed E-state index contributed by atoms with van der Waals surface area (Å²) in [6.07, 6.45) is 1.75. The molecule has 2 atom stereocenters. The van der Waals surface area contributed by atoms with Crippen LogP contribution in [0.3, 0.4) is 0 Å². The maximum atomic E-state index is 11.0. The van der Waals surface area contributed by atoms with E-state index >= 15 is 0 Å². The number of hydrogen-bond acceptors (Lipinski definition) is 3. The standard InChI is InChI=1S/C14H21NO3/c1-2-3-9-12(14(17)18)15-10-13(16)11-7-5-4-6-8-11/h4-8,12-13,15-16H,2-3,9-10H2,1H3,(H,17,18). The van der Waals surface area contributed by atoms with E-state index in [0.717, 1.165) is 18.4 Å². The third-order valence-corrected chi connectivity index (χ3v) is 2.89. The van der Waals surface area contributed by atoms with Crippen LogP contribution in [0.15, 0.2) is 30.3 Å². The van der Waals surface area contributed by atoms with Crippen LogP contribution in [0.1, 0.15) is 37.9 Å². The zero-order valence-electron chi connectivity index (χ0n) is 10.7. The molecule has 1 aromatic carbocycles. The van der Waals surface area contributed by atoms with Gasteiger partial charge in [-0.3, -0.25) is 4.79 Å². The fraction of sp³-hybridized carbons (Fsp3) is 0.500. The van der Waals surface area contributed by atoms with Crippen molar-refractivity contribution in [3.8, 4) is 0 Å². The van der Waals surface area contributed by atoms with E-state index in [2.05, 4.69) is 5.32 Å². The summed E-state index contributed by atoms with van der Waals surface area (Å²) in [5.41, 5.74) is 0.796. The Bertz CT molecular complexity index is 353. The van der Waals surface area contributed by atoms with Gasteiger partial charge < -0.3 is 15.5 Å². The number of aliphatic hydroxyl groups is 1. The SMILES string of the molecule is CCCCC(NCC(O)c1ccccc1)C(=O)O. The maximum absolute atomic E-state index is 11.0. The molecule has 0 aromatic heterocycles. The number of benzene rings is 1. The topological polar surface area (TPSA) is 69.6 Å². The Morgan fingerprint density at radius 2 is 2.00 bits per heavy atom. The molecule has 0 aliphatic carbocycles. The van der Waals surface area contributed by atoms with Crippen molar-refractivity contribution in [1.29, 1.82) is 0 Å². The van der Waals surface area contributed by atoms with Crippen molar-refractivity contribution < 1.29 is 15.0 Å². The zero-order chi connectivity index (χ0) is 13.4. The van der Waals surface area contributed by atoms with E-state index < -0.39 is 18.1 Å². The number of carboxylic acids is 1. The highest BCUT2D eigenvalue weighted by Gasteiger charge is 2.17. The lowest BCUT2D eigenvalue weighted by Gasteiger charge is -2.17. The summed E-state index contributed by atoms with van der Waals surface area (Å²) in [6.45, 7) is 2.28. The first-order valence-corrected chi connectivity index (χ1v) is 6.34. The van der Waals surface area contributed by atoms with Gasteiger partial charge in [-0.15, -0.1) is 0 Å². The number of aliphatic carboxylic acids is 1. The van der Waals surface area contributed by atoms with E-state index in [1.165, 1.54) is 0 Å². The van der Waals surface area contributed by atoms with Crippen molar-refractivity contribution in [2.75, 3.05) is 6.54 Å². The lowest BCUT2D eigenvalue weighted by atomic mass is 10.1. The Morgan fingerprint density at radius 1 is 1.33 bits per heavy atom. The number of nitrogens with one attached hydrogen (secondary N) is 1. The van der Waals surface area contributed by atoms with Crippen LogP contribution in [0.4, 0.5) is 0 Å². The van der Waals surface area contributed by atoms with Gasteiger partial charge >= 0.3 is 5.97 Å². The molecule has 0 amide bonds. The molecule has 18 heavy (non-hydrogen) atoms. The molecule has 0 aliphatic heterocycles. The van der Waals surface area contributed by atoms with Crippen LogP contribution in [0.2, 0.25) is 0 Å². The second kappa shape index (κ2) is 7.84. The van der Waals surface area contributed by atoms with E-state index in [9.17, 15) is 9.90 Å². The van der Waals surface area contributed by atoms with Crippen LogP contribution in [-0.4, -0.2) is 28.8 Å². The molecule has 0 spiro atoms. The highest BCUT2D eigenvalue weighted by Crippen LogP contribution is 2.11. The van der Waals surface area contributed by atoms with Crippen LogP contribution in [0.25, 0.3) is 0 Å². The molecule has 0 bridgehead atoms. The van der Waals surface area contributed by atoms with Gasteiger partial charge in [-0.25, -0.2) is 0 Å². The van der Waals surface area contributed by atoms with Gasteiger partial charge in [0.25, 0.3) is 0 Å². The van der Waals surface area contributed by atoms with Crippen molar-refractivity contribution in [2.24, 2.45) is 0 Å². The van der Waals surface area contributed by atoms with Crippen LogP contribution >= 0.6 is 0 Å². The van der Waals surface area contributed by atoms with Crippen molar-refractivity contribution in [3.63, 3.8) is 0 Å². The summed E-state index contributed by atoms with van der Waals surface area (Å²) in [5.74, 6) is -0.858. The molecule has 0 fully saturated rings. The summed E-state index contributed by atoms with van der Waals surface area (Å²) in [4.78, 5) is 11.0. The quantitative estimate of drug-likeness (QED) is 0.660. The number of rotatable bonds is 8. The zero-order valence-corrected chi connectivity index (χ0v) is 10.7. The van der Waals surface area contributed by atoms with Gasteiger partial charge in [-0.2, -0.15) is 0 Å². The predicted molar refractivity (Wildman–Crippen MR) is 70.4 cm³/mol. The Morgan fingerprint density at radius 3 is 2.56 bits per heavy atom. The van der Waals surface area contributed by atoms with Crippen molar-refractivity contribution in [3.05, 3.63) is 35.9 Å². The fourth-order valence-corrected chi connectivity index (χ4v) is 1.77. The summed E-state index contributed by atoms with van der Waals surface area (Å²) in [5, 5.41) is 21.9. The molecule has 0 aliphatic rings. The van der Waals surface area contributed by atoms with E-state index in [1.807, 2.05) is 37.3 Å². The Labute approximate surface area is 108 Å². The molecular weight excluding hydrogens is 230 g/mol. The Balaban J connectivity index is 2.44. The monoisotopic (exact) mass is 251 g/mol. The average molecular weight is 251 g/mol. The molecule has 0 saturated heterocycles. The molecular formula is C14H21NO3. The lowest BCUT2D eigenvalue weighted by Crippen LogP contribution is -2.39. The summed E-state index contributed by atoms with van der Waals surface area (Å²) >= 11 is 0. The molecule has 1 rings (SSSR count). The molecule has 3 N–H and O–H groups in total. The average Bonchev–Trinajstić information content (AvgIpc) is 2.39. The summed E-state index contributed by atoms with van der Waals surface area (Å²) in [6, 6.07) is 8.66. The highest BCUT2D eigenvalue weighted by molar-refractivity contribution is 5.73. The van der Waals surface area contributed by atoms with Crippen LogP contribution in [0.5, 0.6) is 0 Å². The lowest BCUT2D eigenvalue weighted by molar-refractivity contribution is -0.139. The van der Waals surface area contributed by atoms with Gasteiger partial charge in [-0.05, 0) is 12.0 Å². The molecule has 0 heterocycles. The number of aliphatic hydroxyl groups excluding tert-OH is 1. The minimum Gasteiger partial charge on any atom is -0.480 e. The number of unbranched alkanes of at least 4 members (excludes halogenated alkanes) is 1. The van der Waals surface area contributed by atoms with Gasteiger partial charge in [0.1, 0.15) is 6.04 Å². The molecule has 100 valence electrons. The minimum atomic E-state index is -0.858. The number of carboxylic acid groups (broad SMARTS) is 1. The first-order valence-electron chi connectivity index (χ1n) is 6.34.